The Hall–Kier alpha value is -3.44. The number of ether oxygens (including phenoxy) is 1. The van der Waals surface area contributed by atoms with Crippen molar-refractivity contribution >= 4 is 33.4 Å². The average molecular weight is 613 g/mol. The predicted molar refractivity (Wildman–Crippen MR) is 169 cm³/mol. The molecule has 0 radical (unpaired) electrons. The van der Waals surface area contributed by atoms with Gasteiger partial charge in [0.05, 0.1) is 22.5 Å². The second-order valence-corrected chi connectivity index (χ2v) is 13.4. The lowest BCUT2D eigenvalue weighted by Gasteiger charge is -2.31. The molecular weight excluding hydrogens is 568 g/mol. The van der Waals surface area contributed by atoms with Gasteiger partial charge in [0.2, 0.25) is 5.91 Å². The van der Waals surface area contributed by atoms with E-state index in [-0.39, 0.29) is 36.0 Å². The first-order chi connectivity index (χ1) is 20.3. The lowest BCUT2D eigenvalue weighted by Crippen LogP contribution is -2.54. The number of fused-ring (bicyclic) bond motifs is 1. The molecule has 1 atom stereocenters. The van der Waals surface area contributed by atoms with Crippen LogP contribution in [0.3, 0.4) is 0 Å². The lowest BCUT2D eigenvalue weighted by atomic mass is 9.79. The minimum atomic E-state index is -1.61. The maximum atomic E-state index is 14.3. The zero-order chi connectivity index (χ0) is 31.6. The molecule has 1 fully saturated rings. The first-order valence-corrected chi connectivity index (χ1v) is 15.9. The van der Waals surface area contributed by atoms with Gasteiger partial charge in [-0.05, 0) is 96.8 Å². The summed E-state index contributed by atoms with van der Waals surface area (Å²) in [5.74, 6) is -0.306. The van der Waals surface area contributed by atoms with E-state index in [4.69, 9.17) is 10.5 Å². The number of hydrogen-bond acceptors (Lipinski definition) is 7. The molecule has 1 aromatic carbocycles. The zero-order valence-corrected chi connectivity index (χ0v) is 26.8. The van der Waals surface area contributed by atoms with Crippen LogP contribution in [0.4, 0.5) is 0 Å². The number of benzene rings is 1. The van der Waals surface area contributed by atoms with Crippen LogP contribution < -0.4 is 27.0 Å². The van der Waals surface area contributed by atoms with Crippen LogP contribution >= 0.6 is 11.3 Å². The molecule has 43 heavy (non-hydrogen) atoms. The highest BCUT2D eigenvalue weighted by atomic mass is 32.1. The number of aliphatic hydroxyl groups excluding tert-OH is 1. The quantitative estimate of drug-likeness (QED) is 0.298. The maximum Gasteiger partial charge on any atom is 0.333 e. The fraction of sp³-hybridized carbons (Fsp3) is 0.562. The standard InChI is InChI=1S/C32H44N4O6S/c1-7-34-27(38)26-19(4)25-28(39)36(32(5,6)30(33)40)31(41)35(29(25)43-26)17-21(16-20-12-14-22(37)15-13-20)23-10-8-9-11-24(23)42-18(2)3/h8-11,18,20-22,37H,7,12-17H2,1-6H3,(H2,33,40)(H,34,38)/t20?,21-,22?/m0/s1. The molecule has 1 saturated carbocycles. The van der Waals surface area contributed by atoms with E-state index in [1.807, 2.05) is 45.0 Å². The summed E-state index contributed by atoms with van der Waals surface area (Å²) in [7, 11) is 0. The predicted octanol–water partition coefficient (Wildman–Crippen LogP) is 4.02. The Morgan fingerprint density at radius 2 is 1.81 bits per heavy atom. The maximum absolute atomic E-state index is 14.3. The van der Waals surface area contributed by atoms with Crippen molar-refractivity contribution in [2.75, 3.05) is 6.54 Å². The van der Waals surface area contributed by atoms with Gasteiger partial charge in [-0.1, -0.05) is 18.2 Å². The third kappa shape index (κ3) is 6.57. The Bertz CT molecular complexity index is 1610. The summed E-state index contributed by atoms with van der Waals surface area (Å²) in [5.41, 5.74) is 4.19. The normalized spacial score (nSPS) is 18.1. The third-order valence-electron chi connectivity index (χ3n) is 8.48. The minimum absolute atomic E-state index is 0.0705. The van der Waals surface area contributed by atoms with Gasteiger partial charge >= 0.3 is 5.69 Å². The molecule has 0 bridgehead atoms. The van der Waals surface area contributed by atoms with Crippen LogP contribution in [0.15, 0.2) is 33.9 Å². The SMILES string of the molecule is CCNC(=O)c1sc2c(c1C)c(=O)n(C(C)(C)C(N)=O)c(=O)n2C[C@H](CC1CCC(O)CC1)c1ccccc1OC(C)C. The molecule has 4 N–H and O–H groups in total. The Morgan fingerprint density at radius 1 is 1.16 bits per heavy atom. The van der Waals surface area contributed by atoms with Crippen LogP contribution in [-0.4, -0.2) is 44.8 Å². The van der Waals surface area contributed by atoms with Crippen molar-refractivity contribution in [3.8, 4) is 5.75 Å². The van der Waals surface area contributed by atoms with E-state index in [1.165, 1.54) is 18.4 Å². The van der Waals surface area contributed by atoms with E-state index in [0.29, 0.717) is 27.7 Å². The first-order valence-electron chi connectivity index (χ1n) is 15.1. The van der Waals surface area contributed by atoms with Crippen molar-refractivity contribution in [3.05, 3.63) is 61.1 Å². The second-order valence-electron chi connectivity index (χ2n) is 12.4. The average Bonchev–Trinajstić information content (AvgIpc) is 3.29. The Morgan fingerprint density at radius 3 is 2.42 bits per heavy atom. The Labute approximate surface area is 255 Å². The van der Waals surface area contributed by atoms with Crippen molar-refractivity contribution in [1.82, 2.24) is 14.5 Å². The molecule has 0 aliphatic heterocycles. The summed E-state index contributed by atoms with van der Waals surface area (Å²) in [5, 5.41) is 13.2. The van der Waals surface area contributed by atoms with Crippen LogP contribution in [0.25, 0.3) is 10.2 Å². The molecule has 3 aromatic rings. The van der Waals surface area contributed by atoms with Gasteiger partial charge in [0, 0.05) is 19.0 Å². The molecular formula is C32H44N4O6S. The fourth-order valence-electron chi connectivity index (χ4n) is 6.05. The molecule has 234 valence electrons. The molecule has 0 saturated heterocycles. The highest BCUT2D eigenvalue weighted by Gasteiger charge is 2.35. The number of rotatable bonds is 11. The highest BCUT2D eigenvalue weighted by Crippen LogP contribution is 2.39. The zero-order valence-electron chi connectivity index (χ0n) is 25.9. The van der Waals surface area contributed by atoms with E-state index in [1.54, 1.807) is 6.92 Å². The molecule has 0 unspecified atom stereocenters. The number of hydrogen-bond donors (Lipinski definition) is 3. The van der Waals surface area contributed by atoms with Gasteiger partial charge in [-0.2, -0.15) is 0 Å². The smallest absolute Gasteiger partial charge is 0.333 e. The van der Waals surface area contributed by atoms with Crippen molar-refractivity contribution in [1.29, 1.82) is 0 Å². The molecule has 2 heterocycles. The van der Waals surface area contributed by atoms with E-state index >= 15 is 0 Å². The third-order valence-corrected chi connectivity index (χ3v) is 9.79. The number of aliphatic hydroxyl groups is 1. The summed E-state index contributed by atoms with van der Waals surface area (Å²) in [6.45, 7) is 10.9. The van der Waals surface area contributed by atoms with E-state index in [0.717, 1.165) is 59.3 Å². The van der Waals surface area contributed by atoms with Gasteiger partial charge in [-0.25, -0.2) is 9.36 Å². The topological polar surface area (TPSA) is 146 Å². The second kappa shape index (κ2) is 13.1. The summed E-state index contributed by atoms with van der Waals surface area (Å²) in [6, 6.07) is 7.78. The lowest BCUT2D eigenvalue weighted by molar-refractivity contribution is -0.125. The van der Waals surface area contributed by atoms with Crippen LogP contribution in [0, 0.1) is 12.8 Å². The van der Waals surface area contributed by atoms with Gasteiger partial charge in [-0.3, -0.25) is 19.0 Å². The van der Waals surface area contributed by atoms with Crippen molar-refractivity contribution in [3.63, 3.8) is 0 Å². The molecule has 0 spiro atoms. The molecule has 10 nitrogen and oxygen atoms in total. The number of nitrogens with one attached hydrogen (secondary N) is 1. The number of carbonyl (C=O) groups is 2. The van der Waals surface area contributed by atoms with Gasteiger partial charge in [0.15, 0.2) is 0 Å². The molecule has 2 amide bonds. The van der Waals surface area contributed by atoms with Gasteiger partial charge < -0.3 is 20.9 Å². The van der Waals surface area contributed by atoms with Crippen LogP contribution in [0.1, 0.15) is 93.4 Å². The van der Waals surface area contributed by atoms with E-state index in [2.05, 4.69) is 5.32 Å². The number of nitrogens with two attached hydrogens (primary N) is 1. The van der Waals surface area contributed by atoms with Crippen LogP contribution in [-0.2, 0) is 16.9 Å². The van der Waals surface area contributed by atoms with Crippen molar-refractivity contribution < 1.29 is 19.4 Å². The molecule has 4 rings (SSSR count). The highest BCUT2D eigenvalue weighted by molar-refractivity contribution is 7.20. The van der Waals surface area contributed by atoms with Crippen molar-refractivity contribution in [2.24, 2.45) is 11.7 Å². The number of aromatic nitrogens is 2. The van der Waals surface area contributed by atoms with Crippen molar-refractivity contribution in [2.45, 2.75) is 104 Å². The molecule has 1 aliphatic rings. The molecule has 11 heteroatoms. The number of carbonyl (C=O) groups excluding carboxylic acids is 2. The minimum Gasteiger partial charge on any atom is -0.491 e. The summed E-state index contributed by atoms with van der Waals surface area (Å²) in [6.07, 6.45) is 3.54. The van der Waals surface area contributed by atoms with Gasteiger partial charge in [0.25, 0.3) is 11.5 Å². The number of amides is 2. The fourth-order valence-corrected chi connectivity index (χ4v) is 7.27. The van der Waals surface area contributed by atoms with E-state index < -0.39 is 22.7 Å². The number of nitrogens with zero attached hydrogens (tertiary/aromatic N) is 2. The Balaban J connectivity index is 1.98. The number of thiophene rings is 1. The molecule has 1 aliphatic carbocycles. The van der Waals surface area contributed by atoms with Gasteiger partial charge in [0.1, 0.15) is 16.1 Å². The van der Waals surface area contributed by atoms with Crippen LogP contribution in [0.2, 0.25) is 0 Å². The number of primary amides is 1. The monoisotopic (exact) mass is 612 g/mol. The summed E-state index contributed by atoms with van der Waals surface area (Å²) < 4.78 is 8.68. The molecule has 2 aromatic heterocycles. The first kappa shape index (κ1) is 32.5. The van der Waals surface area contributed by atoms with Gasteiger partial charge in [-0.15, -0.1) is 11.3 Å². The van der Waals surface area contributed by atoms with E-state index in [9.17, 15) is 24.3 Å². The largest absolute Gasteiger partial charge is 0.491 e. The number of aryl methyl sites for hydroxylation is 1. The summed E-state index contributed by atoms with van der Waals surface area (Å²) in [4.78, 5) is 54.5. The summed E-state index contributed by atoms with van der Waals surface area (Å²) >= 11 is 1.11. The van der Waals surface area contributed by atoms with Crippen LogP contribution in [0.5, 0.6) is 5.75 Å². The Kier molecular flexibility index (Phi) is 9.86. The number of para-hydroxylation sites is 1.